The molecule has 144 valence electrons. The van der Waals surface area contributed by atoms with Crippen LogP contribution in [0.5, 0.6) is 0 Å². The van der Waals surface area contributed by atoms with Crippen LogP contribution < -0.4 is 10.6 Å². The Labute approximate surface area is 161 Å². The summed E-state index contributed by atoms with van der Waals surface area (Å²) in [6.07, 6.45) is 5.60. The van der Waals surface area contributed by atoms with Gasteiger partial charge in [0.2, 0.25) is 5.91 Å². The van der Waals surface area contributed by atoms with Crippen molar-refractivity contribution in [2.24, 2.45) is 5.73 Å². The first kappa shape index (κ1) is 17.9. The maximum absolute atomic E-state index is 13.1. The van der Waals surface area contributed by atoms with Gasteiger partial charge in [-0.15, -0.1) is 0 Å². The van der Waals surface area contributed by atoms with Crippen LogP contribution in [0, 0.1) is 6.92 Å². The minimum Gasteiger partial charge on any atom is -0.366 e. The van der Waals surface area contributed by atoms with E-state index in [2.05, 4.69) is 20.0 Å². The number of aromatic nitrogens is 4. The van der Waals surface area contributed by atoms with Crippen LogP contribution in [-0.4, -0.2) is 62.5 Å². The molecule has 0 bridgehead atoms. The SMILES string of the molecule is Cc1c(C(=O)N2CCCN(c3ccc(C(N)=O)cn3)CC2)cnc2ccnn12. The Hall–Kier alpha value is -3.49. The molecular formula is C19H21N7O2. The van der Waals surface area contributed by atoms with Crippen LogP contribution in [0.4, 0.5) is 5.82 Å². The van der Waals surface area contributed by atoms with Gasteiger partial charge in [0.05, 0.1) is 23.0 Å². The van der Waals surface area contributed by atoms with E-state index in [1.807, 2.05) is 17.9 Å². The van der Waals surface area contributed by atoms with E-state index in [1.165, 1.54) is 6.20 Å². The van der Waals surface area contributed by atoms with Crippen LogP contribution in [0.15, 0.2) is 36.8 Å². The number of carbonyl (C=O) groups is 2. The number of nitrogens with two attached hydrogens (primary N) is 1. The number of primary amides is 1. The molecule has 9 nitrogen and oxygen atoms in total. The Kier molecular flexibility index (Phi) is 4.64. The number of rotatable bonds is 3. The maximum Gasteiger partial charge on any atom is 0.257 e. The third kappa shape index (κ3) is 3.26. The molecule has 1 fully saturated rings. The zero-order valence-corrected chi connectivity index (χ0v) is 15.6. The first-order valence-corrected chi connectivity index (χ1v) is 9.14. The van der Waals surface area contributed by atoms with Gasteiger partial charge in [-0.25, -0.2) is 14.5 Å². The van der Waals surface area contributed by atoms with Gasteiger partial charge in [0, 0.05) is 44.6 Å². The second kappa shape index (κ2) is 7.26. The summed E-state index contributed by atoms with van der Waals surface area (Å²) >= 11 is 0. The molecule has 0 aliphatic carbocycles. The minimum absolute atomic E-state index is 0.0405. The highest BCUT2D eigenvalue weighted by Gasteiger charge is 2.23. The number of pyridine rings is 1. The van der Waals surface area contributed by atoms with Gasteiger partial charge in [0.15, 0.2) is 5.65 Å². The Morgan fingerprint density at radius 3 is 2.64 bits per heavy atom. The number of hydrogen-bond acceptors (Lipinski definition) is 6. The highest BCUT2D eigenvalue weighted by atomic mass is 16.2. The molecule has 0 aromatic carbocycles. The fourth-order valence-electron chi connectivity index (χ4n) is 3.44. The van der Waals surface area contributed by atoms with Crippen molar-refractivity contribution in [3.05, 3.63) is 53.6 Å². The summed E-state index contributed by atoms with van der Waals surface area (Å²) in [5.41, 5.74) is 7.72. The molecule has 0 unspecified atom stereocenters. The van der Waals surface area contributed by atoms with Crippen LogP contribution in [0.2, 0.25) is 0 Å². The van der Waals surface area contributed by atoms with Crippen molar-refractivity contribution < 1.29 is 9.59 Å². The molecular weight excluding hydrogens is 358 g/mol. The van der Waals surface area contributed by atoms with Crippen molar-refractivity contribution in [1.29, 1.82) is 0 Å². The highest BCUT2D eigenvalue weighted by molar-refractivity contribution is 5.95. The summed E-state index contributed by atoms with van der Waals surface area (Å²) < 4.78 is 1.68. The lowest BCUT2D eigenvalue weighted by atomic mass is 10.2. The molecule has 3 aromatic heterocycles. The average molecular weight is 379 g/mol. The van der Waals surface area contributed by atoms with Crippen molar-refractivity contribution in [3.8, 4) is 0 Å². The molecule has 2 amide bonds. The molecule has 9 heteroatoms. The van der Waals surface area contributed by atoms with E-state index in [0.717, 1.165) is 30.1 Å². The number of anilines is 1. The fourth-order valence-corrected chi connectivity index (χ4v) is 3.44. The Morgan fingerprint density at radius 2 is 1.89 bits per heavy atom. The number of amides is 2. The van der Waals surface area contributed by atoms with Crippen LogP contribution >= 0.6 is 0 Å². The molecule has 2 N–H and O–H groups in total. The van der Waals surface area contributed by atoms with E-state index in [-0.39, 0.29) is 5.91 Å². The summed E-state index contributed by atoms with van der Waals surface area (Å²) in [6, 6.07) is 5.27. The largest absolute Gasteiger partial charge is 0.366 e. The van der Waals surface area contributed by atoms with Crippen LogP contribution in [-0.2, 0) is 0 Å². The van der Waals surface area contributed by atoms with Crippen molar-refractivity contribution in [2.75, 3.05) is 31.1 Å². The van der Waals surface area contributed by atoms with Crippen LogP contribution in [0.3, 0.4) is 0 Å². The molecule has 0 saturated carbocycles. The van der Waals surface area contributed by atoms with Crippen LogP contribution in [0.1, 0.15) is 32.8 Å². The lowest BCUT2D eigenvalue weighted by Crippen LogP contribution is -2.36. The maximum atomic E-state index is 13.1. The molecule has 1 saturated heterocycles. The predicted octanol–water partition coefficient (Wildman–Crippen LogP) is 0.884. The molecule has 4 rings (SSSR count). The van der Waals surface area contributed by atoms with E-state index in [1.54, 1.807) is 29.0 Å². The zero-order chi connectivity index (χ0) is 19.7. The van der Waals surface area contributed by atoms with Gasteiger partial charge < -0.3 is 15.5 Å². The normalized spacial score (nSPS) is 14.9. The first-order chi connectivity index (χ1) is 13.5. The smallest absolute Gasteiger partial charge is 0.257 e. The summed E-state index contributed by atoms with van der Waals surface area (Å²) in [5, 5.41) is 4.23. The standard InChI is InChI=1S/C19H21N7O2/c1-13-15(12-22-17-5-6-23-26(13)17)19(28)25-8-2-7-24(9-10-25)16-4-3-14(11-21-16)18(20)27/h3-6,11-12H,2,7-10H2,1H3,(H2,20,27). The number of fused-ring (bicyclic) bond motifs is 1. The lowest BCUT2D eigenvalue weighted by Gasteiger charge is -2.23. The third-order valence-corrected chi connectivity index (χ3v) is 5.03. The van der Waals surface area contributed by atoms with Gasteiger partial charge in [-0.1, -0.05) is 0 Å². The van der Waals surface area contributed by atoms with Crippen molar-refractivity contribution in [1.82, 2.24) is 24.5 Å². The van der Waals surface area contributed by atoms with E-state index in [4.69, 9.17) is 5.73 Å². The highest BCUT2D eigenvalue weighted by Crippen LogP contribution is 2.17. The van der Waals surface area contributed by atoms with Crippen molar-refractivity contribution in [3.63, 3.8) is 0 Å². The fraction of sp³-hybridized carbons (Fsp3) is 0.316. The Bertz CT molecular complexity index is 1030. The minimum atomic E-state index is -0.496. The predicted molar refractivity (Wildman–Crippen MR) is 103 cm³/mol. The monoisotopic (exact) mass is 379 g/mol. The molecule has 1 aliphatic heterocycles. The van der Waals surface area contributed by atoms with Gasteiger partial charge in [-0.2, -0.15) is 5.10 Å². The van der Waals surface area contributed by atoms with E-state index in [0.29, 0.717) is 30.8 Å². The van der Waals surface area contributed by atoms with E-state index < -0.39 is 5.91 Å². The molecule has 0 atom stereocenters. The number of hydrogen-bond donors (Lipinski definition) is 1. The number of carbonyl (C=O) groups excluding carboxylic acids is 2. The Morgan fingerprint density at radius 1 is 1.04 bits per heavy atom. The van der Waals surface area contributed by atoms with Gasteiger partial charge in [-0.05, 0) is 25.5 Å². The lowest BCUT2D eigenvalue weighted by molar-refractivity contribution is 0.0764. The summed E-state index contributed by atoms with van der Waals surface area (Å²) in [5.74, 6) is 0.237. The van der Waals surface area contributed by atoms with Crippen molar-refractivity contribution >= 4 is 23.3 Å². The van der Waals surface area contributed by atoms with Gasteiger partial charge in [0.1, 0.15) is 5.82 Å². The second-order valence-electron chi connectivity index (χ2n) is 6.76. The molecule has 3 aromatic rings. The summed E-state index contributed by atoms with van der Waals surface area (Å²) in [7, 11) is 0. The quantitative estimate of drug-likeness (QED) is 0.724. The van der Waals surface area contributed by atoms with Gasteiger partial charge >= 0.3 is 0 Å². The molecule has 0 radical (unpaired) electrons. The molecule has 1 aliphatic rings. The topological polar surface area (TPSA) is 110 Å². The van der Waals surface area contributed by atoms with Gasteiger partial charge in [-0.3, -0.25) is 9.59 Å². The third-order valence-electron chi connectivity index (χ3n) is 5.03. The molecule has 0 spiro atoms. The van der Waals surface area contributed by atoms with E-state index >= 15 is 0 Å². The summed E-state index contributed by atoms with van der Waals surface area (Å²) in [6.45, 7) is 4.55. The van der Waals surface area contributed by atoms with Gasteiger partial charge in [0.25, 0.3) is 5.91 Å². The number of nitrogens with zero attached hydrogens (tertiary/aromatic N) is 6. The second-order valence-corrected chi connectivity index (χ2v) is 6.76. The van der Waals surface area contributed by atoms with E-state index in [9.17, 15) is 9.59 Å². The Balaban J connectivity index is 1.49. The molecule has 4 heterocycles. The number of aryl methyl sites for hydroxylation is 1. The zero-order valence-electron chi connectivity index (χ0n) is 15.6. The first-order valence-electron chi connectivity index (χ1n) is 9.14. The average Bonchev–Trinajstić information content (AvgIpc) is 3.05. The molecule has 28 heavy (non-hydrogen) atoms. The van der Waals surface area contributed by atoms with Crippen molar-refractivity contribution in [2.45, 2.75) is 13.3 Å². The summed E-state index contributed by atoms with van der Waals surface area (Å²) in [4.78, 5) is 36.9. The van der Waals surface area contributed by atoms with Crippen LogP contribution in [0.25, 0.3) is 5.65 Å².